The molecule has 0 fully saturated rings. The fraction of sp³-hybridized carbons (Fsp3) is 0.310. The predicted octanol–water partition coefficient (Wildman–Crippen LogP) is 7.12. The number of hydrogen-bond acceptors (Lipinski definition) is 4. The van der Waals surface area contributed by atoms with Crippen LogP contribution in [0.4, 0.5) is 8.78 Å². The van der Waals surface area contributed by atoms with Crippen molar-refractivity contribution in [2.45, 2.75) is 52.2 Å². The van der Waals surface area contributed by atoms with Crippen molar-refractivity contribution in [1.82, 2.24) is 4.98 Å². The number of carbonyl (C=O) groups is 1. The molecule has 7 heteroatoms. The number of benzene rings is 3. The zero-order valence-electron chi connectivity index (χ0n) is 20.7. The number of fused-ring (bicyclic) bond motifs is 1. The molecule has 0 spiro atoms. The number of nitrogens with zero attached hydrogens (tertiary/aromatic N) is 1. The first-order chi connectivity index (χ1) is 17.2. The molecular formula is C29H29F2NO4. The van der Waals surface area contributed by atoms with Gasteiger partial charge in [-0.1, -0.05) is 30.3 Å². The zero-order chi connectivity index (χ0) is 26.0. The largest absolute Gasteiger partial charge is 0.493 e. The summed E-state index contributed by atoms with van der Waals surface area (Å²) in [5.74, 6) is 0.838. The monoisotopic (exact) mass is 493 g/mol. The van der Waals surface area contributed by atoms with E-state index < -0.39 is 18.1 Å². The first-order valence-electron chi connectivity index (χ1n) is 11.8. The van der Waals surface area contributed by atoms with E-state index >= 15 is 0 Å². The van der Waals surface area contributed by atoms with Crippen molar-refractivity contribution in [3.8, 4) is 16.9 Å². The molecular weight excluding hydrogens is 464 g/mol. The Morgan fingerprint density at radius 1 is 1.17 bits per heavy atom. The van der Waals surface area contributed by atoms with E-state index in [2.05, 4.69) is 18.2 Å². The highest BCUT2D eigenvalue weighted by molar-refractivity contribution is 6.08. The van der Waals surface area contributed by atoms with E-state index in [1.54, 1.807) is 0 Å². The second-order valence-electron chi connectivity index (χ2n) is 9.38. The predicted molar refractivity (Wildman–Crippen MR) is 137 cm³/mol. The Balaban J connectivity index is 0.000000967. The summed E-state index contributed by atoms with van der Waals surface area (Å²) in [4.78, 5) is 13.1. The van der Waals surface area contributed by atoms with E-state index in [-0.39, 0.29) is 6.47 Å². The molecule has 188 valence electrons. The van der Waals surface area contributed by atoms with Gasteiger partial charge in [-0.05, 0) is 78.9 Å². The average Bonchev–Trinajstić information content (AvgIpc) is 2.84. The summed E-state index contributed by atoms with van der Waals surface area (Å²) in [6, 6.07) is 16.3. The van der Waals surface area contributed by atoms with Crippen LogP contribution in [0.1, 0.15) is 43.6 Å². The minimum Gasteiger partial charge on any atom is -0.493 e. The van der Waals surface area contributed by atoms with Crippen LogP contribution in [0.5, 0.6) is 5.75 Å². The fourth-order valence-corrected chi connectivity index (χ4v) is 4.99. The Morgan fingerprint density at radius 2 is 1.89 bits per heavy atom. The third-order valence-corrected chi connectivity index (χ3v) is 6.55. The van der Waals surface area contributed by atoms with Crippen LogP contribution in [-0.4, -0.2) is 35.2 Å². The number of aromatic nitrogens is 1. The van der Waals surface area contributed by atoms with Crippen LogP contribution < -0.4 is 4.74 Å². The summed E-state index contributed by atoms with van der Waals surface area (Å²) in [6.45, 7) is 7.14. The number of hydrogen-bond donors (Lipinski definition) is 1. The van der Waals surface area contributed by atoms with Crippen LogP contribution in [0.3, 0.4) is 0 Å². The molecule has 5 nitrogen and oxygen atoms in total. The Labute approximate surface area is 208 Å². The molecule has 1 N–H and O–H groups in total. The van der Waals surface area contributed by atoms with E-state index in [4.69, 9.17) is 24.4 Å². The van der Waals surface area contributed by atoms with Gasteiger partial charge in [0.05, 0.1) is 18.2 Å². The first kappa shape index (κ1) is 25.5. The van der Waals surface area contributed by atoms with Crippen molar-refractivity contribution in [2.24, 2.45) is 0 Å². The molecule has 1 aliphatic rings. The normalized spacial score (nSPS) is 13.8. The van der Waals surface area contributed by atoms with Crippen molar-refractivity contribution in [3.05, 3.63) is 71.4 Å². The topological polar surface area (TPSA) is 68.7 Å². The smallest absolute Gasteiger partial charge is 0.290 e. The molecule has 0 bridgehead atoms. The van der Waals surface area contributed by atoms with Crippen LogP contribution in [0.15, 0.2) is 54.7 Å². The van der Waals surface area contributed by atoms with Crippen LogP contribution in [-0.2, 0) is 16.0 Å². The fourth-order valence-electron chi connectivity index (χ4n) is 4.99. The molecule has 3 aromatic carbocycles. The number of ether oxygens (including phenoxy) is 2. The van der Waals surface area contributed by atoms with Gasteiger partial charge in [0.25, 0.3) is 12.9 Å². The summed E-state index contributed by atoms with van der Waals surface area (Å²) in [5.41, 5.74) is 4.35. The summed E-state index contributed by atoms with van der Waals surface area (Å²) < 4.78 is 39.2. The third-order valence-electron chi connectivity index (χ3n) is 6.55. The summed E-state index contributed by atoms with van der Waals surface area (Å²) >= 11 is 0. The van der Waals surface area contributed by atoms with Crippen molar-refractivity contribution in [1.29, 1.82) is 0 Å². The van der Waals surface area contributed by atoms with E-state index in [0.717, 1.165) is 56.1 Å². The highest BCUT2D eigenvalue weighted by Crippen LogP contribution is 2.45. The molecule has 1 aromatic heterocycles. The van der Waals surface area contributed by atoms with Gasteiger partial charge in [0, 0.05) is 23.6 Å². The quantitative estimate of drug-likeness (QED) is 0.300. The number of pyridine rings is 1. The lowest BCUT2D eigenvalue weighted by Crippen LogP contribution is -2.34. The lowest BCUT2D eigenvalue weighted by Gasteiger charge is -2.31. The van der Waals surface area contributed by atoms with Crippen LogP contribution >= 0.6 is 0 Å². The maximum absolute atomic E-state index is 13.7. The number of rotatable bonds is 5. The molecule has 1 unspecified atom stereocenters. The van der Waals surface area contributed by atoms with Gasteiger partial charge in [0.2, 0.25) is 0 Å². The molecule has 0 saturated heterocycles. The second kappa shape index (κ2) is 10.2. The van der Waals surface area contributed by atoms with Gasteiger partial charge >= 0.3 is 0 Å². The van der Waals surface area contributed by atoms with Crippen molar-refractivity contribution in [2.75, 3.05) is 6.61 Å². The number of alkyl halides is 2. The Bertz CT molecular complexity index is 1410. The van der Waals surface area contributed by atoms with E-state index in [1.165, 1.54) is 19.4 Å². The van der Waals surface area contributed by atoms with Crippen molar-refractivity contribution < 1.29 is 28.2 Å². The molecule has 5 rings (SSSR count). The first-order valence-corrected chi connectivity index (χ1v) is 11.8. The minimum atomic E-state index is -2.59. The minimum absolute atomic E-state index is 0.250. The number of aryl methyl sites for hydroxylation is 1. The van der Waals surface area contributed by atoms with E-state index in [1.807, 2.05) is 50.4 Å². The van der Waals surface area contributed by atoms with Gasteiger partial charge < -0.3 is 14.6 Å². The Hall–Kier alpha value is -3.58. The lowest BCUT2D eigenvalue weighted by atomic mass is 9.86. The average molecular weight is 494 g/mol. The molecule has 0 amide bonds. The van der Waals surface area contributed by atoms with E-state index in [0.29, 0.717) is 6.61 Å². The molecule has 0 radical (unpaired) electrons. The molecule has 36 heavy (non-hydrogen) atoms. The van der Waals surface area contributed by atoms with Crippen LogP contribution in [0, 0.1) is 6.92 Å². The second-order valence-corrected chi connectivity index (χ2v) is 9.38. The highest BCUT2D eigenvalue weighted by atomic mass is 19.3. The standard InChI is InChI=1S/C28H27F2NO2.CH2O2/c1-16-15-19-7-5-6-8-20(19)25(23(16)17(2)33-28(3,4)27(29)30)21-9-10-22-24-18(12-14-32-22)11-13-31-26(21)24;2-1-3/h5-11,13,15,17,27H,12,14H2,1-4H3;1H,(H,2,3). The maximum Gasteiger partial charge on any atom is 0.290 e. The van der Waals surface area contributed by atoms with Gasteiger partial charge in [-0.15, -0.1) is 0 Å². The summed E-state index contributed by atoms with van der Waals surface area (Å²) in [5, 5.41) is 10.0. The van der Waals surface area contributed by atoms with Crippen LogP contribution in [0.25, 0.3) is 32.8 Å². The van der Waals surface area contributed by atoms with Gasteiger partial charge in [-0.3, -0.25) is 9.78 Å². The maximum atomic E-state index is 13.7. The molecule has 2 heterocycles. The molecule has 0 saturated carbocycles. The number of carboxylic acid groups (broad SMARTS) is 1. The Kier molecular flexibility index (Phi) is 7.22. The van der Waals surface area contributed by atoms with Gasteiger partial charge in [-0.25, -0.2) is 8.78 Å². The van der Waals surface area contributed by atoms with Gasteiger partial charge in [0.1, 0.15) is 11.4 Å². The van der Waals surface area contributed by atoms with Crippen molar-refractivity contribution >= 4 is 28.1 Å². The van der Waals surface area contributed by atoms with E-state index in [9.17, 15) is 8.78 Å². The third kappa shape index (κ3) is 4.63. The SMILES string of the molecule is Cc1cc2ccccc2c(-c2ccc3c4c(ccnc24)CCO3)c1C(C)OC(C)(C)C(F)F.O=CO. The Morgan fingerprint density at radius 3 is 2.61 bits per heavy atom. The summed E-state index contributed by atoms with van der Waals surface area (Å²) in [6.07, 6.45) is -0.466. The molecule has 4 aromatic rings. The summed E-state index contributed by atoms with van der Waals surface area (Å²) in [7, 11) is 0. The van der Waals surface area contributed by atoms with Gasteiger partial charge in [0.15, 0.2) is 0 Å². The lowest BCUT2D eigenvalue weighted by molar-refractivity contribution is -0.146. The molecule has 1 aliphatic heterocycles. The van der Waals surface area contributed by atoms with Gasteiger partial charge in [-0.2, -0.15) is 0 Å². The highest BCUT2D eigenvalue weighted by Gasteiger charge is 2.34. The van der Waals surface area contributed by atoms with Crippen molar-refractivity contribution in [3.63, 3.8) is 0 Å². The van der Waals surface area contributed by atoms with Crippen LogP contribution in [0.2, 0.25) is 0 Å². The molecule has 0 aliphatic carbocycles. The number of halogens is 2. The zero-order valence-corrected chi connectivity index (χ0v) is 20.7. The molecule has 1 atom stereocenters.